The Morgan fingerprint density at radius 3 is 2.96 bits per heavy atom. The predicted octanol–water partition coefficient (Wildman–Crippen LogP) is 3.44. The molecule has 3 heterocycles. The highest BCUT2D eigenvalue weighted by Crippen LogP contribution is 2.33. The molecule has 1 atom stereocenters. The van der Waals surface area contributed by atoms with Gasteiger partial charge in [0.2, 0.25) is 5.89 Å². The monoisotopic (exact) mass is 346 g/mol. The molecule has 0 saturated carbocycles. The minimum Gasteiger partial charge on any atom is -0.464 e. The molecule has 1 fully saturated rings. The number of furan rings is 1. The molecule has 136 valence electrons. The van der Waals surface area contributed by atoms with Crippen molar-refractivity contribution >= 4 is 6.03 Å². The molecule has 1 aliphatic heterocycles. The van der Waals surface area contributed by atoms with Crippen LogP contribution in [0.15, 0.2) is 21.1 Å². The van der Waals surface area contributed by atoms with Gasteiger partial charge >= 0.3 is 6.03 Å². The average molecular weight is 346 g/mol. The molecule has 25 heavy (non-hydrogen) atoms. The van der Waals surface area contributed by atoms with Gasteiger partial charge in [0.15, 0.2) is 5.82 Å². The van der Waals surface area contributed by atoms with Gasteiger partial charge in [0.05, 0.1) is 6.04 Å². The molecule has 0 aliphatic carbocycles. The molecule has 0 spiro atoms. The van der Waals surface area contributed by atoms with Crippen molar-refractivity contribution < 1.29 is 13.7 Å². The number of amides is 2. The van der Waals surface area contributed by atoms with Gasteiger partial charge in [0.25, 0.3) is 0 Å². The quantitative estimate of drug-likeness (QED) is 0.866. The molecule has 2 amide bonds. The Bertz CT molecular complexity index is 707. The van der Waals surface area contributed by atoms with E-state index in [9.17, 15) is 4.79 Å². The van der Waals surface area contributed by atoms with Gasteiger partial charge in [-0.2, -0.15) is 4.98 Å². The molecule has 7 nitrogen and oxygen atoms in total. The topological polar surface area (TPSA) is 84.4 Å². The number of hydrogen-bond donors (Lipinski definition) is 1. The van der Waals surface area contributed by atoms with Crippen molar-refractivity contribution in [1.82, 2.24) is 20.4 Å². The summed E-state index contributed by atoms with van der Waals surface area (Å²) >= 11 is 0. The van der Waals surface area contributed by atoms with E-state index in [1.807, 2.05) is 30.9 Å². The van der Waals surface area contributed by atoms with E-state index in [4.69, 9.17) is 8.94 Å². The number of carbonyl (C=O) groups is 1. The summed E-state index contributed by atoms with van der Waals surface area (Å²) in [6, 6.07) is 3.93. The molecule has 0 aromatic carbocycles. The minimum atomic E-state index is -0.0689. The lowest BCUT2D eigenvalue weighted by Gasteiger charge is -2.23. The Balaban J connectivity index is 1.53. The molecule has 0 bridgehead atoms. The number of rotatable bonds is 6. The summed E-state index contributed by atoms with van der Waals surface area (Å²) in [6.07, 6.45) is 3.32. The fourth-order valence-corrected chi connectivity index (χ4v) is 3.05. The standard InChI is InChI=1S/C18H26N4O3/c1-4-13-7-8-15(24-13)14-6-5-11-22(14)18(23)19-10-9-16-20-17(12(2)3)21-25-16/h7-8,12,14H,4-6,9-11H2,1-3H3,(H,19,23). The number of hydrogen-bond acceptors (Lipinski definition) is 5. The maximum absolute atomic E-state index is 12.5. The largest absolute Gasteiger partial charge is 0.464 e. The molecule has 3 rings (SSSR count). The Morgan fingerprint density at radius 1 is 1.44 bits per heavy atom. The van der Waals surface area contributed by atoms with Gasteiger partial charge < -0.3 is 19.2 Å². The van der Waals surface area contributed by atoms with Crippen LogP contribution in [0.5, 0.6) is 0 Å². The second-order valence-corrected chi connectivity index (χ2v) is 6.69. The second-order valence-electron chi connectivity index (χ2n) is 6.69. The van der Waals surface area contributed by atoms with Crippen LogP contribution in [0.3, 0.4) is 0 Å². The predicted molar refractivity (Wildman–Crippen MR) is 92.3 cm³/mol. The van der Waals surface area contributed by atoms with E-state index in [0.29, 0.717) is 24.7 Å². The summed E-state index contributed by atoms with van der Waals surface area (Å²) < 4.78 is 11.0. The Kier molecular flexibility index (Phi) is 5.40. The van der Waals surface area contributed by atoms with Crippen LogP contribution in [0.1, 0.15) is 68.8 Å². The van der Waals surface area contributed by atoms with E-state index < -0.39 is 0 Å². The number of likely N-dealkylation sites (tertiary alicyclic amines) is 1. The van der Waals surface area contributed by atoms with E-state index in [2.05, 4.69) is 22.4 Å². The highest BCUT2D eigenvalue weighted by molar-refractivity contribution is 5.75. The van der Waals surface area contributed by atoms with Crippen LogP contribution in [0, 0.1) is 0 Å². The fourth-order valence-electron chi connectivity index (χ4n) is 3.05. The van der Waals surface area contributed by atoms with Crippen molar-refractivity contribution in [2.45, 2.75) is 58.4 Å². The summed E-state index contributed by atoms with van der Waals surface area (Å²) in [5, 5.41) is 6.88. The van der Waals surface area contributed by atoms with Crippen LogP contribution in [0.2, 0.25) is 0 Å². The van der Waals surface area contributed by atoms with Gasteiger partial charge in [-0.1, -0.05) is 25.9 Å². The molecule has 0 radical (unpaired) electrons. The smallest absolute Gasteiger partial charge is 0.318 e. The van der Waals surface area contributed by atoms with Crippen LogP contribution < -0.4 is 5.32 Å². The molecule has 7 heteroatoms. The van der Waals surface area contributed by atoms with Gasteiger partial charge in [-0.05, 0) is 25.0 Å². The van der Waals surface area contributed by atoms with E-state index in [-0.39, 0.29) is 18.0 Å². The lowest BCUT2D eigenvalue weighted by molar-refractivity contribution is 0.185. The first-order valence-electron chi connectivity index (χ1n) is 9.04. The molecule has 2 aromatic heterocycles. The first kappa shape index (κ1) is 17.5. The number of urea groups is 1. The summed E-state index contributed by atoms with van der Waals surface area (Å²) in [7, 11) is 0. The van der Waals surface area contributed by atoms with Crippen molar-refractivity contribution in [2.75, 3.05) is 13.1 Å². The molecule has 1 saturated heterocycles. The van der Waals surface area contributed by atoms with Crippen molar-refractivity contribution in [3.05, 3.63) is 35.4 Å². The van der Waals surface area contributed by atoms with Crippen LogP contribution in [0.4, 0.5) is 4.79 Å². The van der Waals surface area contributed by atoms with Crippen LogP contribution in [-0.2, 0) is 12.8 Å². The number of aryl methyl sites for hydroxylation is 1. The molecule has 1 N–H and O–H groups in total. The fraction of sp³-hybridized carbons (Fsp3) is 0.611. The van der Waals surface area contributed by atoms with Gasteiger partial charge in [-0.15, -0.1) is 0 Å². The van der Waals surface area contributed by atoms with Gasteiger partial charge in [-0.3, -0.25) is 0 Å². The van der Waals surface area contributed by atoms with Crippen LogP contribution in [0.25, 0.3) is 0 Å². The zero-order chi connectivity index (χ0) is 17.8. The number of aromatic nitrogens is 2. The Hall–Kier alpha value is -2.31. The number of nitrogens with one attached hydrogen (secondary N) is 1. The maximum Gasteiger partial charge on any atom is 0.318 e. The average Bonchev–Trinajstić information content (AvgIpc) is 3.33. The first-order chi connectivity index (χ1) is 12.1. The van der Waals surface area contributed by atoms with Gasteiger partial charge in [0.1, 0.15) is 11.5 Å². The summed E-state index contributed by atoms with van der Waals surface area (Å²) in [5.41, 5.74) is 0. The van der Waals surface area contributed by atoms with Gasteiger partial charge in [-0.25, -0.2) is 4.79 Å². The second kappa shape index (κ2) is 7.72. The lowest BCUT2D eigenvalue weighted by atomic mass is 10.2. The maximum atomic E-state index is 12.5. The van der Waals surface area contributed by atoms with Crippen LogP contribution in [-0.4, -0.2) is 34.2 Å². The van der Waals surface area contributed by atoms with Crippen LogP contribution >= 0.6 is 0 Å². The normalized spacial score (nSPS) is 17.4. The summed E-state index contributed by atoms with van der Waals surface area (Å²) in [4.78, 5) is 18.7. The molecule has 2 aromatic rings. The Labute approximate surface area is 147 Å². The van der Waals surface area contributed by atoms with E-state index in [0.717, 1.165) is 37.3 Å². The van der Waals surface area contributed by atoms with E-state index >= 15 is 0 Å². The molecular weight excluding hydrogens is 320 g/mol. The third-order valence-corrected chi connectivity index (χ3v) is 4.49. The third-order valence-electron chi connectivity index (χ3n) is 4.49. The molecule has 1 unspecified atom stereocenters. The first-order valence-corrected chi connectivity index (χ1v) is 9.04. The highest BCUT2D eigenvalue weighted by Gasteiger charge is 2.32. The lowest BCUT2D eigenvalue weighted by Crippen LogP contribution is -2.40. The summed E-state index contributed by atoms with van der Waals surface area (Å²) in [6.45, 7) is 7.31. The summed E-state index contributed by atoms with van der Waals surface area (Å²) in [5.74, 6) is 3.33. The van der Waals surface area contributed by atoms with E-state index in [1.165, 1.54) is 0 Å². The highest BCUT2D eigenvalue weighted by atomic mass is 16.5. The Morgan fingerprint density at radius 2 is 2.28 bits per heavy atom. The molecular formula is C18H26N4O3. The zero-order valence-corrected chi connectivity index (χ0v) is 15.1. The number of carbonyl (C=O) groups excluding carboxylic acids is 1. The SMILES string of the molecule is CCc1ccc(C2CCCN2C(=O)NCCc2nc(C(C)C)no2)o1. The van der Waals surface area contributed by atoms with E-state index in [1.54, 1.807) is 0 Å². The number of nitrogens with zero attached hydrogens (tertiary/aromatic N) is 3. The zero-order valence-electron chi connectivity index (χ0n) is 15.1. The minimum absolute atomic E-state index is 0.0243. The van der Waals surface area contributed by atoms with Crippen molar-refractivity contribution in [3.63, 3.8) is 0 Å². The van der Waals surface area contributed by atoms with Crippen molar-refractivity contribution in [1.29, 1.82) is 0 Å². The molecule has 1 aliphatic rings. The van der Waals surface area contributed by atoms with Crippen molar-refractivity contribution in [3.8, 4) is 0 Å². The van der Waals surface area contributed by atoms with Gasteiger partial charge in [0, 0.05) is 31.8 Å². The van der Waals surface area contributed by atoms with Crippen molar-refractivity contribution in [2.24, 2.45) is 0 Å². The third kappa shape index (κ3) is 4.03.